The molecule has 4 N–H and O–H groups in total. The van der Waals surface area contributed by atoms with Crippen LogP contribution in [0.4, 0.5) is 20.2 Å². The van der Waals surface area contributed by atoms with Gasteiger partial charge in [-0.15, -0.1) is 22.7 Å². The fraction of sp³-hybridized carbons (Fsp3) is 0.353. The molecule has 2 aromatic heterocycles. The number of amides is 2. The third kappa shape index (κ3) is 11.1. The SMILES string of the molecule is COCCN1[C@@H](c2cccs2)C[C@@H](C(=O)Nc2ccc(F)c(Cl)c2)NS1(=O)=O.COCCN1[C@H](c2cccs2)C[C@H](C(=O)Nc2ccc(F)c(Cl)c2)NS1(=O)=O. The predicted molar refractivity (Wildman–Crippen MR) is 212 cm³/mol. The van der Waals surface area contributed by atoms with Crippen molar-refractivity contribution in [1.82, 2.24) is 18.1 Å². The van der Waals surface area contributed by atoms with Gasteiger partial charge in [0.25, 0.3) is 20.4 Å². The minimum absolute atomic E-state index is 0.135. The Labute approximate surface area is 341 Å². The number of hydrogen-bond acceptors (Lipinski definition) is 10. The van der Waals surface area contributed by atoms with Crippen LogP contribution in [0.2, 0.25) is 10.0 Å². The lowest BCUT2D eigenvalue weighted by molar-refractivity contribution is -0.119. The molecular formula is C34H38Cl2F2N6O8S4. The van der Waals surface area contributed by atoms with Crippen molar-refractivity contribution in [2.75, 3.05) is 51.2 Å². The summed E-state index contributed by atoms with van der Waals surface area (Å²) in [5.41, 5.74) is 0.565. The van der Waals surface area contributed by atoms with Gasteiger partial charge in [0.15, 0.2) is 0 Å². The molecule has 2 aliphatic rings. The van der Waals surface area contributed by atoms with Crippen LogP contribution in [0.5, 0.6) is 0 Å². The largest absolute Gasteiger partial charge is 0.383 e. The molecule has 0 unspecified atom stereocenters. The van der Waals surface area contributed by atoms with Gasteiger partial charge in [-0.05, 0) is 72.1 Å². The van der Waals surface area contributed by atoms with Gasteiger partial charge < -0.3 is 20.1 Å². The molecule has 4 aromatic rings. The van der Waals surface area contributed by atoms with Gasteiger partial charge in [0, 0.05) is 48.4 Å². The van der Waals surface area contributed by atoms with Crippen molar-refractivity contribution < 1.29 is 44.7 Å². The number of carbonyl (C=O) groups is 2. The maximum Gasteiger partial charge on any atom is 0.280 e. The van der Waals surface area contributed by atoms with E-state index in [-0.39, 0.29) is 60.6 Å². The van der Waals surface area contributed by atoms with Crippen LogP contribution in [0.15, 0.2) is 71.4 Å². The second kappa shape index (κ2) is 19.6. The molecule has 0 bridgehead atoms. The maximum absolute atomic E-state index is 13.3. The number of ether oxygens (including phenoxy) is 2. The summed E-state index contributed by atoms with van der Waals surface area (Å²) in [6, 6.07) is 11.9. The van der Waals surface area contributed by atoms with E-state index in [0.29, 0.717) is 0 Å². The van der Waals surface area contributed by atoms with E-state index in [1.54, 1.807) is 0 Å². The number of anilines is 2. The van der Waals surface area contributed by atoms with E-state index in [4.69, 9.17) is 32.7 Å². The first-order chi connectivity index (χ1) is 26.6. The summed E-state index contributed by atoms with van der Waals surface area (Å²) in [6.45, 7) is 0.786. The normalized spacial score (nSPS) is 22.1. The third-order valence-electron chi connectivity index (χ3n) is 8.60. The summed E-state index contributed by atoms with van der Waals surface area (Å²) in [7, 11) is -4.83. The molecule has 0 aliphatic carbocycles. The van der Waals surface area contributed by atoms with Crippen molar-refractivity contribution in [2.24, 2.45) is 0 Å². The van der Waals surface area contributed by atoms with Gasteiger partial charge in [-0.25, -0.2) is 8.78 Å². The van der Waals surface area contributed by atoms with Gasteiger partial charge in [0.05, 0.1) is 35.3 Å². The number of halogens is 4. The summed E-state index contributed by atoms with van der Waals surface area (Å²) in [6.07, 6.45) is 0.481. The zero-order chi connectivity index (χ0) is 40.6. The molecule has 2 saturated heterocycles. The van der Waals surface area contributed by atoms with Crippen LogP contribution in [-0.4, -0.2) is 89.9 Å². The van der Waals surface area contributed by atoms with E-state index in [0.717, 1.165) is 21.9 Å². The number of rotatable bonds is 12. The molecule has 0 spiro atoms. The molecule has 6 rings (SSSR count). The number of nitrogens with zero attached hydrogens (tertiary/aromatic N) is 2. The van der Waals surface area contributed by atoms with Crippen molar-refractivity contribution in [2.45, 2.75) is 37.0 Å². The van der Waals surface area contributed by atoms with Crippen molar-refractivity contribution in [3.63, 3.8) is 0 Å². The number of nitrogens with one attached hydrogen (secondary N) is 4. The van der Waals surface area contributed by atoms with Crippen LogP contribution in [0.25, 0.3) is 0 Å². The number of thiophene rings is 2. The van der Waals surface area contributed by atoms with E-state index in [1.807, 2.05) is 35.0 Å². The van der Waals surface area contributed by atoms with E-state index in [2.05, 4.69) is 20.1 Å². The minimum Gasteiger partial charge on any atom is -0.383 e. The summed E-state index contributed by atoms with van der Waals surface area (Å²) >= 11 is 14.3. The molecule has 2 aliphatic heterocycles. The Kier molecular flexibility index (Phi) is 15.4. The predicted octanol–water partition coefficient (Wildman–Crippen LogP) is 5.55. The summed E-state index contributed by atoms with van der Waals surface area (Å²) < 4.78 is 95.2. The number of methoxy groups -OCH3 is 2. The quantitative estimate of drug-likeness (QED) is 0.143. The van der Waals surface area contributed by atoms with E-state index >= 15 is 0 Å². The van der Waals surface area contributed by atoms with Crippen molar-refractivity contribution >= 4 is 89.5 Å². The van der Waals surface area contributed by atoms with Gasteiger partial charge in [-0.2, -0.15) is 34.9 Å². The van der Waals surface area contributed by atoms with E-state index < -0.39 is 68.0 Å². The Bertz CT molecular complexity index is 2030. The van der Waals surface area contributed by atoms with Gasteiger partial charge in [0.2, 0.25) is 11.8 Å². The first kappa shape index (κ1) is 44.0. The Balaban J connectivity index is 0.000000214. The summed E-state index contributed by atoms with van der Waals surface area (Å²) in [5, 5.41) is 8.61. The minimum atomic E-state index is -3.91. The zero-order valence-corrected chi connectivity index (χ0v) is 34.6. The highest BCUT2D eigenvalue weighted by Crippen LogP contribution is 2.36. The average Bonchev–Trinajstić information content (AvgIpc) is 3.89. The van der Waals surface area contributed by atoms with Crippen LogP contribution in [-0.2, 0) is 39.5 Å². The Morgan fingerprint density at radius 1 is 0.732 bits per heavy atom. The number of carbonyl (C=O) groups excluding carboxylic acids is 2. The summed E-state index contributed by atoms with van der Waals surface area (Å²) in [5.74, 6) is -2.30. The maximum atomic E-state index is 13.3. The van der Waals surface area contributed by atoms with Crippen LogP contribution in [0, 0.1) is 11.6 Å². The molecule has 56 heavy (non-hydrogen) atoms. The molecule has 14 nitrogen and oxygen atoms in total. The zero-order valence-electron chi connectivity index (χ0n) is 29.8. The Hall–Kier alpha value is -3.12. The number of benzene rings is 2. The van der Waals surface area contributed by atoms with Crippen LogP contribution < -0.4 is 20.1 Å². The number of hydrogen-bond donors (Lipinski definition) is 4. The van der Waals surface area contributed by atoms with E-state index in [1.165, 1.54) is 69.8 Å². The first-order valence-electron chi connectivity index (χ1n) is 16.8. The van der Waals surface area contributed by atoms with Gasteiger partial charge in [-0.1, -0.05) is 35.3 Å². The van der Waals surface area contributed by atoms with Crippen molar-refractivity contribution in [1.29, 1.82) is 0 Å². The highest BCUT2D eigenvalue weighted by molar-refractivity contribution is 7.87. The lowest BCUT2D eigenvalue weighted by Crippen LogP contribution is -2.57. The standard InChI is InChI=1S/2C17H19ClFN3O4S2/c2*1-26-7-6-22-15(16-3-2-8-27-16)10-14(21-28(22,24)25)17(23)20-11-4-5-13(19)12(18)9-11/h2*2-5,8-9,14-15,21H,6-7,10H2,1H3,(H,20,23)/t2*14-,15+/m10/s1. The van der Waals surface area contributed by atoms with Crippen molar-refractivity contribution in [3.8, 4) is 0 Å². The van der Waals surface area contributed by atoms with Gasteiger partial charge in [0.1, 0.15) is 23.7 Å². The average molecular weight is 896 g/mol. The molecule has 4 heterocycles. The molecular weight excluding hydrogens is 858 g/mol. The van der Waals surface area contributed by atoms with E-state index in [9.17, 15) is 35.2 Å². The topological polar surface area (TPSA) is 175 Å². The highest BCUT2D eigenvalue weighted by atomic mass is 35.5. The lowest BCUT2D eigenvalue weighted by Gasteiger charge is -2.38. The lowest BCUT2D eigenvalue weighted by atomic mass is 10.0. The first-order valence-corrected chi connectivity index (χ1v) is 22.2. The highest BCUT2D eigenvalue weighted by Gasteiger charge is 2.43. The molecule has 0 radical (unpaired) electrons. The Morgan fingerprint density at radius 2 is 1.12 bits per heavy atom. The van der Waals surface area contributed by atoms with Crippen LogP contribution in [0.3, 0.4) is 0 Å². The summed E-state index contributed by atoms with van der Waals surface area (Å²) in [4.78, 5) is 27.0. The molecule has 304 valence electrons. The Morgan fingerprint density at radius 3 is 1.45 bits per heavy atom. The molecule has 4 atom stereocenters. The fourth-order valence-corrected chi connectivity index (χ4v) is 11.2. The molecule has 22 heteroatoms. The molecule has 2 amide bonds. The van der Waals surface area contributed by atoms with Gasteiger partial charge >= 0.3 is 0 Å². The second-order valence-electron chi connectivity index (χ2n) is 12.3. The van der Waals surface area contributed by atoms with Crippen LogP contribution in [0.1, 0.15) is 34.7 Å². The third-order valence-corrected chi connectivity index (χ3v) is 14.4. The van der Waals surface area contributed by atoms with Gasteiger partial charge in [-0.3, -0.25) is 9.59 Å². The molecule has 2 aromatic carbocycles. The smallest absolute Gasteiger partial charge is 0.280 e. The fourth-order valence-electron chi connectivity index (χ4n) is 5.93. The van der Waals surface area contributed by atoms with Crippen molar-refractivity contribution in [3.05, 3.63) is 103 Å². The molecule has 0 saturated carbocycles. The second-order valence-corrected chi connectivity index (χ2v) is 18.4. The molecule has 2 fully saturated rings. The van der Waals surface area contributed by atoms with Crippen LogP contribution >= 0.6 is 45.9 Å². The monoisotopic (exact) mass is 894 g/mol.